The summed E-state index contributed by atoms with van der Waals surface area (Å²) >= 11 is 3.39. The molecular weight excluding hydrogens is 492 g/mol. The first kappa shape index (κ1) is 23.9. The summed E-state index contributed by atoms with van der Waals surface area (Å²) in [5.74, 6) is -0.477. The van der Waals surface area contributed by atoms with Crippen molar-refractivity contribution in [3.8, 4) is 0 Å². The smallest absolute Gasteiger partial charge is 0.351 e. The summed E-state index contributed by atoms with van der Waals surface area (Å²) in [7, 11) is 0. The Hall–Kier alpha value is -2.73. The third-order valence-electron chi connectivity index (χ3n) is 4.72. The van der Waals surface area contributed by atoms with E-state index in [1.165, 1.54) is 19.2 Å². The van der Waals surface area contributed by atoms with Gasteiger partial charge in [-0.25, -0.2) is 13.6 Å². The molecule has 0 bridgehead atoms. The van der Waals surface area contributed by atoms with Crippen LogP contribution in [0.15, 0.2) is 57.9 Å². The Kier molecular flexibility index (Phi) is 7.67. The average molecular weight is 512 g/mol. The first-order chi connectivity index (χ1) is 15.2. The number of hydrogen-bond donors (Lipinski definition) is 3. The molecule has 3 aromatic rings. The van der Waals surface area contributed by atoms with Crippen molar-refractivity contribution in [1.82, 2.24) is 9.55 Å². The number of aliphatic hydroxyl groups is 2. The first-order valence-electron chi connectivity index (χ1n) is 9.52. The summed E-state index contributed by atoms with van der Waals surface area (Å²) in [5, 5.41) is 22.9. The standard InChI is InChI=1S/C21H20BrF2N3O5/c1-11(32-16(10-28)18(29)19(23)24)27-7-6-17(26-21(27)31)25-20(30)14-3-2-13-9-15(22)5-4-12(13)8-14/h2-9,11,16,18-19,28-29H,10H2,1H3,(H,25,26,30,31)/t11-,16?,18?/m1/s1. The number of carbonyl (C=O) groups is 1. The van der Waals surface area contributed by atoms with Gasteiger partial charge in [-0.2, -0.15) is 4.98 Å². The van der Waals surface area contributed by atoms with E-state index in [1.54, 1.807) is 18.2 Å². The highest BCUT2D eigenvalue weighted by Gasteiger charge is 2.30. The molecule has 170 valence electrons. The third-order valence-corrected chi connectivity index (χ3v) is 5.21. The Morgan fingerprint density at radius 1 is 1.22 bits per heavy atom. The van der Waals surface area contributed by atoms with Crippen molar-refractivity contribution in [1.29, 1.82) is 0 Å². The molecule has 11 heteroatoms. The SMILES string of the molecule is C[C@@H](OC(CO)C(O)C(F)F)n1ccc(NC(=O)c2ccc3cc(Br)ccc3c2)nc1=O. The quantitative estimate of drug-likeness (QED) is 0.428. The Morgan fingerprint density at radius 3 is 2.56 bits per heavy atom. The maximum atomic E-state index is 12.7. The highest BCUT2D eigenvalue weighted by molar-refractivity contribution is 9.10. The lowest BCUT2D eigenvalue weighted by Gasteiger charge is -2.25. The van der Waals surface area contributed by atoms with E-state index >= 15 is 0 Å². The normalized spacial score (nSPS) is 14.3. The molecule has 0 aliphatic heterocycles. The number of ether oxygens (including phenoxy) is 1. The Morgan fingerprint density at radius 2 is 1.91 bits per heavy atom. The fraction of sp³-hybridized carbons (Fsp3) is 0.286. The van der Waals surface area contributed by atoms with E-state index in [0.717, 1.165) is 19.8 Å². The van der Waals surface area contributed by atoms with Crippen LogP contribution < -0.4 is 11.0 Å². The van der Waals surface area contributed by atoms with Gasteiger partial charge in [0.1, 0.15) is 24.3 Å². The zero-order valence-electron chi connectivity index (χ0n) is 16.8. The number of nitrogens with zero attached hydrogens (tertiary/aromatic N) is 2. The summed E-state index contributed by atoms with van der Waals surface area (Å²) < 4.78 is 32.4. The van der Waals surface area contributed by atoms with E-state index in [1.807, 2.05) is 18.2 Å². The molecule has 0 aliphatic carbocycles. The monoisotopic (exact) mass is 511 g/mol. The van der Waals surface area contributed by atoms with Gasteiger partial charge in [-0.3, -0.25) is 9.36 Å². The van der Waals surface area contributed by atoms with Gasteiger partial charge in [0, 0.05) is 16.2 Å². The number of alkyl halides is 2. The summed E-state index contributed by atoms with van der Waals surface area (Å²) in [6.45, 7) is 0.504. The van der Waals surface area contributed by atoms with Crippen molar-refractivity contribution in [2.45, 2.75) is 31.8 Å². The number of benzene rings is 2. The molecule has 0 radical (unpaired) electrons. The molecule has 3 N–H and O–H groups in total. The molecule has 0 aliphatic rings. The van der Waals surface area contributed by atoms with Crippen LogP contribution in [0.2, 0.25) is 0 Å². The van der Waals surface area contributed by atoms with E-state index in [4.69, 9.17) is 4.74 Å². The molecule has 2 unspecified atom stereocenters. The molecule has 1 heterocycles. The maximum absolute atomic E-state index is 12.7. The van der Waals surface area contributed by atoms with E-state index in [-0.39, 0.29) is 5.82 Å². The molecule has 2 aromatic carbocycles. The van der Waals surface area contributed by atoms with E-state index in [2.05, 4.69) is 26.2 Å². The maximum Gasteiger partial charge on any atom is 0.351 e. The highest BCUT2D eigenvalue weighted by atomic mass is 79.9. The minimum absolute atomic E-state index is 0.00863. The number of amides is 1. The number of nitrogens with one attached hydrogen (secondary N) is 1. The van der Waals surface area contributed by atoms with Gasteiger partial charge in [0.25, 0.3) is 12.3 Å². The zero-order valence-corrected chi connectivity index (χ0v) is 18.4. The van der Waals surface area contributed by atoms with Crippen LogP contribution in [0.1, 0.15) is 23.5 Å². The van der Waals surface area contributed by atoms with Crippen LogP contribution in [-0.2, 0) is 4.74 Å². The highest BCUT2D eigenvalue weighted by Crippen LogP contribution is 2.21. The van der Waals surface area contributed by atoms with Gasteiger partial charge in [0.2, 0.25) is 0 Å². The molecular formula is C21H20BrF2N3O5. The van der Waals surface area contributed by atoms with E-state index in [0.29, 0.717) is 5.56 Å². The van der Waals surface area contributed by atoms with Crippen molar-refractivity contribution in [3.05, 3.63) is 69.2 Å². The first-order valence-corrected chi connectivity index (χ1v) is 10.3. The van der Waals surface area contributed by atoms with Crippen LogP contribution >= 0.6 is 15.9 Å². The van der Waals surface area contributed by atoms with Gasteiger partial charge >= 0.3 is 5.69 Å². The fourth-order valence-corrected chi connectivity index (χ4v) is 3.40. The Labute approximate surface area is 189 Å². The van der Waals surface area contributed by atoms with Crippen LogP contribution in [0, 0.1) is 0 Å². The predicted octanol–water partition coefficient (Wildman–Crippen LogP) is 2.93. The average Bonchev–Trinajstić information content (AvgIpc) is 2.76. The molecule has 0 fully saturated rings. The molecule has 3 atom stereocenters. The topological polar surface area (TPSA) is 114 Å². The van der Waals surface area contributed by atoms with Gasteiger partial charge in [-0.1, -0.05) is 28.1 Å². The second kappa shape index (κ2) is 10.3. The fourth-order valence-electron chi connectivity index (χ4n) is 3.02. The Bertz CT molecular complexity index is 1170. The molecule has 3 rings (SSSR count). The summed E-state index contributed by atoms with van der Waals surface area (Å²) in [4.78, 5) is 28.6. The summed E-state index contributed by atoms with van der Waals surface area (Å²) in [6.07, 6.45) is -6.78. The van der Waals surface area contributed by atoms with Crippen LogP contribution in [0.3, 0.4) is 0 Å². The third kappa shape index (κ3) is 5.54. The van der Waals surface area contributed by atoms with Crippen molar-refractivity contribution in [3.63, 3.8) is 0 Å². The van der Waals surface area contributed by atoms with Gasteiger partial charge < -0.3 is 20.3 Å². The second-order valence-electron chi connectivity index (χ2n) is 6.94. The number of fused-ring (bicyclic) bond motifs is 1. The Balaban J connectivity index is 1.72. The number of carbonyl (C=O) groups excluding carboxylic acids is 1. The van der Waals surface area contributed by atoms with Crippen molar-refractivity contribution < 1.29 is 28.5 Å². The van der Waals surface area contributed by atoms with Crippen LogP contribution in [0.4, 0.5) is 14.6 Å². The summed E-state index contributed by atoms with van der Waals surface area (Å²) in [5.41, 5.74) is -0.448. The lowest BCUT2D eigenvalue weighted by molar-refractivity contribution is -0.153. The van der Waals surface area contributed by atoms with Gasteiger partial charge in [-0.05, 0) is 48.0 Å². The predicted molar refractivity (Wildman–Crippen MR) is 117 cm³/mol. The van der Waals surface area contributed by atoms with Gasteiger partial charge in [0.05, 0.1) is 6.61 Å². The van der Waals surface area contributed by atoms with E-state index < -0.39 is 43.1 Å². The molecule has 8 nitrogen and oxygen atoms in total. The molecule has 0 saturated carbocycles. The van der Waals surface area contributed by atoms with Crippen LogP contribution in [-0.4, -0.2) is 50.9 Å². The van der Waals surface area contributed by atoms with Crippen molar-refractivity contribution in [2.75, 3.05) is 11.9 Å². The number of anilines is 1. The molecule has 0 saturated heterocycles. The number of rotatable bonds is 8. The largest absolute Gasteiger partial charge is 0.394 e. The molecule has 1 amide bonds. The molecule has 32 heavy (non-hydrogen) atoms. The van der Waals surface area contributed by atoms with Gasteiger partial charge in [0.15, 0.2) is 0 Å². The van der Waals surface area contributed by atoms with Crippen LogP contribution in [0.5, 0.6) is 0 Å². The second-order valence-corrected chi connectivity index (χ2v) is 7.86. The zero-order chi connectivity index (χ0) is 23.4. The number of halogens is 3. The number of hydrogen-bond acceptors (Lipinski definition) is 6. The van der Waals surface area contributed by atoms with E-state index in [9.17, 15) is 28.6 Å². The van der Waals surface area contributed by atoms with Crippen LogP contribution in [0.25, 0.3) is 10.8 Å². The molecule has 0 spiro atoms. The minimum atomic E-state index is -3.12. The number of aliphatic hydroxyl groups excluding tert-OH is 2. The summed E-state index contributed by atoms with van der Waals surface area (Å²) in [6, 6.07) is 12.1. The van der Waals surface area contributed by atoms with Gasteiger partial charge in [-0.15, -0.1) is 0 Å². The lowest BCUT2D eigenvalue weighted by atomic mass is 10.1. The molecule has 1 aromatic heterocycles. The lowest BCUT2D eigenvalue weighted by Crippen LogP contribution is -2.40. The van der Waals surface area contributed by atoms with Crippen molar-refractivity contribution >= 4 is 38.4 Å². The van der Waals surface area contributed by atoms with Crippen molar-refractivity contribution in [2.24, 2.45) is 0 Å². The number of aromatic nitrogens is 2. The minimum Gasteiger partial charge on any atom is -0.394 e.